The van der Waals surface area contributed by atoms with Crippen molar-refractivity contribution in [2.24, 2.45) is 22.7 Å². The molecule has 1 aromatic carbocycles. The summed E-state index contributed by atoms with van der Waals surface area (Å²) in [4.78, 5) is 97.0. The van der Waals surface area contributed by atoms with Gasteiger partial charge in [-0.25, -0.2) is 4.79 Å². The molecule has 0 aromatic heterocycles. The van der Waals surface area contributed by atoms with Crippen LogP contribution in [0.2, 0.25) is 0 Å². The van der Waals surface area contributed by atoms with E-state index in [1.807, 2.05) is 27.7 Å². The fourth-order valence-electron chi connectivity index (χ4n) is 8.48. The topological polar surface area (TPSA) is 174 Å². The van der Waals surface area contributed by atoms with Crippen LogP contribution in [0.25, 0.3) is 0 Å². The van der Waals surface area contributed by atoms with Crippen molar-refractivity contribution in [3.8, 4) is 0 Å². The first-order valence-corrected chi connectivity index (χ1v) is 18.6. The Morgan fingerprint density at radius 3 is 2.17 bits per heavy atom. The molecule has 1 unspecified atom stereocenters. The lowest BCUT2D eigenvalue weighted by Crippen LogP contribution is -2.63. The number of carbonyl (C=O) groups excluding carboxylic acids is 7. The third-order valence-electron chi connectivity index (χ3n) is 11.6. The van der Waals surface area contributed by atoms with E-state index in [1.165, 1.54) is 13.0 Å². The number of hydrogen-bond donors (Lipinski definition) is 4. The number of likely N-dealkylation sites (tertiary alicyclic amines) is 1. The van der Waals surface area contributed by atoms with Gasteiger partial charge in [-0.15, -0.1) is 6.58 Å². The zero-order chi connectivity index (χ0) is 38.0. The number of ketones is 1. The Morgan fingerprint density at radius 2 is 1.58 bits per heavy atom. The van der Waals surface area contributed by atoms with Crippen LogP contribution in [0.1, 0.15) is 107 Å². The SMILES string of the molecule is C=CCNC(=O)C(=O)C(C)NC(=O)[C@@H]1[C@H]2CCC[C@H]2CN1C(=O)[C@@H](NC(=O)N[C@H](CN1C(=O)c2ccccc2C1=O)C(C)(C)C)C1(C)CCCCC1. The minimum atomic E-state index is -1.11. The molecule has 5 rings (SSSR count). The monoisotopic (exact) mass is 718 g/mol. The van der Waals surface area contributed by atoms with Crippen molar-refractivity contribution in [3.63, 3.8) is 0 Å². The molecule has 13 heteroatoms. The number of amides is 7. The maximum Gasteiger partial charge on any atom is 0.315 e. The Kier molecular flexibility index (Phi) is 11.6. The van der Waals surface area contributed by atoms with Gasteiger partial charge in [-0.05, 0) is 67.4 Å². The van der Waals surface area contributed by atoms with Crippen molar-refractivity contribution in [2.75, 3.05) is 19.6 Å². The van der Waals surface area contributed by atoms with Gasteiger partial charge in [0, 0.05) is 13.1 Å². The first kappa shape index (κ1) is 38.7. The second kappa shape index (κ2) is 15.6. The predicted molar refractivity (Wildman–Crippen MR) is 194 cm³/mol. The summed E-state index contributed by atoms with van der Waals surface area (Å²) in [6.45, 7) is 13.1. The Hall–Kier alpha value is -4.55. The van der Waals surface area contributed by atoms with Crippen molar-refractivity contribution in [1.82, 2.24) is 31.1 Å². The number of nitrogens with one attached hydrogen (secondary N) is 4. The Morgan fingerprint density at radius 1 is 0.942 bits per heavy atom. The van der Waals surface area contributed by atoms with Crippen molar-refractivity contribution >= 4 is 41.4 Å². The first-order chi connectivity index (χ1) is 24.6. The largest absolute Gasteiger partial charge is 0.346 e. The van der Waals surface area contributed by atoms with Crippen molar-refractivity contribution in [2.45, 2.75) is 110 Å². The van der Waals surface area contributed by atoms with Crippen molar-refractivity contribution in [3.05, 3.63) is 48.0 Å². The van der Waals surface area contributed by atoms with Gasteiger partial charge < -0.3 is 26.2 Å². The summed E-state index contributed by atoms with van der Waals surface area (Å²) in [5.41, 5.74) is -0.529. The van der Waals surface area contributed by atoms with Gasteiger partial charge in [0.15, 0.2) is 0 Å². The Labute approximate surface area is 306 Å². The molecule has 282 valence electrons. The summed E-state index contributed by atoms with van der Waals surface area (Å²) in [7, 11) is 0. The number of Topliss-reactive ketones (excluding diaryl/α,β-unsaturated/α-hetero) is 1. The highest BCUT2D eigenvalue weighted by molar-refractivity contribution is 6.38. The quantitative estimate of drug-likeness (QED) is 0.146. The van der Waals surface area contributed by atoms with E-state index >= 15 is 0 Å². The molecule has 52 heavy (non-hydrogen) atoms. The fourth-order valence-corrected chi connectivity index (χ4v) is 8.48. The molecule has 2 aliphatic heterocycles. The van der Waals surface area contributed by atoms with Crippen molar-refractivity contribution < 1.29 is 33.6 Å². The third kappa shape index (κ3) is 7.92. The number of imide groups is 1. The number of rotatable bonds is 12. The molecule has 3 fully saturated rings. The normalized spacial score (nSPS) is 23.9. The van der Waals surface area contributed by atoms with Crippen LogP contribution < -0.4 is 21.3 Å². The molecule has 2 saturated carbocycles. The highest BCUT2D eigenvalue weighted by Gasteiger charge is 2.53. The first-order valence-electron chi connectivity index (χ1n) is 18.6. The second-order valence-electron chi connectivity index (χ2n) is 16.3. The Bertz CT molecular complexity index is 1580. The molecule has 7 amide bonds. The average Bonchev–Trinajstić information content (AvgIpc) is 3.77. The van der Waals surface area contributed by atoms with E-state index < -0.39 is 70.4 Å². The van der Waals surface area contributed by atoms with E-state index in [1.54, 1.807) is 29.2 Å². The maximum absolute atomic E-state index is 14.8. The van der Waals surface area contributed by atoms with Gasteiger partial charge in [-0.3, -0.25) is 33.7 Å². The van der Waals surface area contributed by atoms with E-state index in [2.05, 4.69) is 27.8 Å². The minimum Gasteiger partial charge on any atom is -0.346 e. The average molecular weight is 719 g/mol. The van der Waals surface area contributed by atoms with Gasteiger partial charge in [-0.1, -0.05) is 71.6 Å². The fraction of sp³-hybridized carbons (Fsp3) is 0.615. The zero-order valence-electron chi connectivity index (χ0n) is 31.1. The van der Waals surface area contributed by atoms with Gasteiger partial charge >= 0.3 is 6.03 Å². The van der Waals surface area contributed by atoms with Gasteiger partial charge in [0.05, 0.1) is 29.8 Å². The van der Waals surface area contributed by atoms with E-state index in [0.29, 0.717) is 30.5 Å². The van der Waals surface area contributed by atoms with Crippen LogP contribution in [0.4, 0.5) is 4.79 Å². The summed E-state index contributed by atoms with van der Waals surface area (Å²) in [6, 6.07) is 2.44. The van der Waals surface area contributed by atoms with Crippen LogP contribution in [0.3, 0.4) is 0 Å². The van der Waals surface area contributed by atoms with Gasteiger partial charge in [0.1, 0.15) is 12.1 Å². The molecular formula is C39H54N6O7. The van der Waals surface area contributed by atoms with Crippen LogP contribution in [0.15, 0.2) is 36.9 Å². The van der Waals surface area contributed by atoms with Crippen LogP contribution in [-0.4, -0.2) is 95.0 Å². The number of hydrogen-bond acceptors (Lipinski definition) is 7. The molecule has 6 atom stereocenters. The van der Waals surface area contributed by atoms with E-state index in [-0.39, 0.29) is 30.8 Å². The minimum absolute atomic E-state index is 0.0562. The molecule has 1 aromatic rings. The van der Waals surface area contributed by atoms with Gasteiger partial charge in [0.25, 0.3) is 17.7 Å². The van der Waals surface area contributed by atoms with Crippen LogP contribution in [-0.2, 0) is 19.2 Å². The lowest BCUT2D eigenvalue weighted by Gasteiger charge is -2.43. The number of benzene rings is 1. The summed E-state index contributed by atoms with van der Waals surface area (Å²) in [5.74, 6) is -3.33. The molecule has 4 N–H and O–H groups in total. The molecule has 0 spiro atoms. The highest BCUT2D eigenvalue weighted by atomic mass is 16.2. The summed E-state index contributed by atoms with van der Waals surface area (Å²) >= 11 is 0. The molecule has 4 aliphatic rings. The molecule has 2 aliphatic carbocycles. The molecular weight excluding hydrogens is 664 g/mol. The number of nitrogens with zero attached hydrogens (tertiary/aromatic N) is 2. The standard InChI is InChI=1S/C39H54N6O7/c1-7-20-40-33(48)30(46)23(2)41-32(47)29-25-17-13-14-24(25)21-44(29)36(51)31(39(6)18-11-8-12-19-39)43-37(52)42-28(38(3,4)5)22-45-34(49)26-15-9-10-16-27(26)35(45)50/h7,9-10,15-16,23-25,28-29,31H,1,8,11-14,17-22H2,2-6H3,(H,40,48)(H,41,47)(H2,42,43,52)/t23?,24-,25-,28+,29-,31+/m0/s1. The lowest BCUT2D eigenvalue weighted by atomic mass is 9.70. The number of carbonyl (C=O) groups is 7. The van der Waals surface area contributed by atoms with E-state index in [0.717, 1.165) is 43.4 Å². The summed E-state index contributed by atoms with van der Waals surface area (Å²) in [6.07, 6.45) is 8.16. The maximum atomic E-state index is 14.8. The van der Waals surface area contributed by atoms with Gasteiger partial charge in [0.2, 0.25) is 17.6 Å². The summed E-state index contributed by atoms with van der Waals surface area (Å²) in [5, 5.41) is 11.2. The molecule has 2 heterocycles. The molecule has 13 nitrogen and oxygen atoms in total. The van der Waals surface area contributed by atoms with Crippen LogP contribution in [0.5, 0.6) is 0 Å². The second-order valence-corrected chi connectivity index (χ2v) is 16.3. The van der Waals surface area contributed by atoms with Gasteiger partial charge in [-0.2, -0.15) is 0 Å². The molecule has 1 saturated heterocycles. The van der Waals surface area contributed by atoms with Crippen molar-refractivity contribution in [1.29, 1.82) is 0 Å². The smallest absolute Gasteiger partial charge is 0.315 e. The highest BCUT2D eigenvalue weighted by Crippen LogP contribution is 2.45. The number of fused-ring (bicyclic) bond motifs is 2. The predicted octanol–water partition coefficient (Wildman–Crippen LogP) is 3.34. The van der Waals surface area contributed by atoms with E-state index in [9.17, 15) is 33.6 Å². The zero-order valence-corrected chi connectivity index (χ0v) is 31.1. The third-order valence-corrected chi connectivity index (χ3v) is 11.6. The van der Waals surface area contributed by atoms with Crippen LogP contribution in [0, 0.1) is 22.7 Å². The molecule has 0 radical (unpaired) electrons. The Balaban J connectivity index is 1.36. The number of urea groups is 1. The van der Waals surface area contributed by atoms with Crippen LogP contribution >= 0.6 is 0 Å². The van der Waals surface area contributed by atoms with E-state index in [4.69, 9.17) is 0 Å². The lowest BCUT2D eigenvalue weighted by molar-refractivity contribution is -0.145. The summed E-state index contributed by atoms with van der Waals surface area (Å²) < 4.78 is 0. The molecule has 0 bridgehead atoms.